The first-order valence-corrected chi connectivity index (χ1v) is 5.65. The summed E-state index contributed by atoms with van der Waals surface area (Å²) < 4.78 is 2.04. The van der Waals surface area contributed by atoms with Crippen molar-refractivity contribution in [2.75, 3.05) is 6.54 Å². The average Bonchev–Trinajstić information content (AvgIpc) is 3.04. The van der Waals surface area contributed by atoms with Crippen LogP contribution < -0.4 is 10.7 Å². The van der Waals surface area contributed by atoms with Gasteiger partial charge in [0, 0.05) is 43.7 Å². The van der Waals surface area contributed by atoms with E-state index in [1.54, 1.807) is 12.1 Å². The molecule has 2 rings (SSSR count). The van der Waals surface area contributed by atoms with Crippen LogP contribution in [-0.4, -0.2) is 17.2 Å². The molecule has 1 N–H and O–H groups in total. The highest BCUT2D eigenvalue weighted by Gasteiger charge is 2.26. The summed E-state index contributed by atoms with van der Waals surface area (Å²) in [5.41, 5.74) is 0.0746. The van der Waals surface area contributed by atoms with Crippen molar-refractivity contribution in [3.8, 4) is 0 Å². The maximum absolute atomic E-state index is 10.9. The lowest BCUT2D eigenvalue weighted by Gasteiger charge is -2.13. The van der Waals surface area contributed by atoms with Crippen LogP contribution in [0.2, 0.25) is 0 Å². The number of aromatic nitrogens is 1. The van der Waals surface area contributed by atoms with E-state index >= 15 is 0 Å². The lowest BCUT2D eigenvalue weighted by Crippen LogP contribution is -2.30. The van der Waals surface area contributed by atoms with Gasteiger partial charge in [0.15, 0.2) is 5.43 Å². The zero-order valence-electron chi connectivity index (χ0n) is 9.15. The molecule has 0 saturated heterocycles. The van der Waals surface area contributed by atoms with Crippen LogP contribution in [0.4, 0.5) is 0 Å². The van der Waals surface area contributed by atoms with Crippen molar-refractivity contribution < 1.29 is 0 Å². The standard InChI is InChI=1S/C12H18N2O/c1-10(11-2-3-11)13-6-9-14-7-4-12(15)5-8-14/h4-5,7-8,10-11,13H,2-3,6,9H2,1H3. The van der Waals surface area contributed by atoms with E-state index in [1.165, 1.54) is 12.8 Å². The molecule has 0 amide bonds. The topological polar surface area (TPSA) is 34.0 Å². The second-order valence-electron chi connectivity index (χ2n) is 4.35. The van der Waals surface area contributed by atoms with Gasteiger partial charge in [0.25, 0.3) is 0 Å². The van der Waals surface area contributed by atoms with Crippen molar-refractivity contribution in [2.45, 2.75) is 32.4 Å². The Kier molecular flexibility index (Phi) is 3.21. The van der Waals surface area contributed by atoms with E-state index < -0.39 is 0 Å². The summed E-state index contributed by atoms with van der Waals surface area (Å²) in [5.74, 6) is 0.902. The minimum absolute atomic E-state index is 0.0746. The molecule has 0 radical (unpaired) electrons. The van der Waals surface area contributed by atoms with Crippen LogP contribution in [0.3, 0.4) is 0 Å². The van der Waals surface area contributed by atoms with E-state index in [1.807, 2.05) is 17.0 Å². The Morgan fingerprint density at radius 2 is 2.13 bits per heavy atom. The van der Waals surface area contributed by atoms with Crippen LogP contribution in [-0.2, 0) is 6.54 Å². The zero-order chi connectivity index (χ0) is 10.7. The molecule has 3 heteroatoms. The van der Waals surface area contributed by atoms with Crippen LogP contribution in [0.15, 0.2) is 29.3 Å². The van der Waals surface area contributed by atoms with E-state index in [2.05, 4.69) is 12.2 Å². The zero-order valence-corrected chi connectivity index (χ0v) is 9.15. The molecule has 0 aliphatic heterocycles. The summed E-state index contributed by atoms with van der Waals surface area (Å²) in [7, 11) is 0. The maximum Gasteiger partial charge on any atom is 0.181 e. The highest BCUT2D eigenvalue weighted by Crippen LogP contribution is 2.32. The van der Waals surface area contributed by atoms with Crippen LogP contribution in [0.5, 0.6) is 0 Å². The van der Waals surface area contributed by atoms with E-state index in [-0.39, 0.29) is 5.43 Å². The van der Waals surface area contributed by atoms with Gasteiger partial charge in [-0.2, -0.15) is 0 Å². The van der Waals surface area contributed by atoms with E-state index in [9.17, 15) is 4.79 Å². The largest absolute Gasteiger partial charge is 0.353 e. The van der Waals surface area contributed by atoms with Gasteiger partial charge < -0.3 is 9.88 Å². The third-order valence-electron chi connectivity index (χ3n) is 3.03. The fourth-order valence-electron chi connectivity index (χ4n) is 1.78. The van der Waals surface area contributed by atoms with Gasteiger partial charge in [-0.25, -0.2) is 0 Å². The van der Waals surface area contributed by atoms with E-state index in [4.69, 9.17) is 0 Å². The first-order chi connectivity index (χ1) is 7.25. The summed E-state index contributed by atoms with van der Waals surface area (Å²) in [5, 5.41) is 3.51. The quantitative estimate of drug-likeness (QED) is 0.786. The van der Waals surface area contributed by atoms with Gasteiger partial charge in [0.05, 0.1) is 0 Å². The molecule has 3 nitrogen and oxygen atoms in total. The minimum atomic E-state index is 0.0746. The SMILES string of the molecule is CC(NCCn1ccc(=O)cc1)C1CC1. The number of nitrogens with zero attached hydrogens (tertiary/aromatic N) is 1. The van der Waals surface area contributed by atoms with Crippen LogP contribution >= 0.6 is 0 Å². The summed E-state index contributed by atoms with van der Waals surface area (Å²) in [6.07, 6.45) is 6.44. The summed E-state index contributed by atoms with van der Waals surface area (Å²) in [6, 6.07) is 3.85. The normalized spacial score (nSPS) is 17.7. The van der Waals surface area contributed by atoms with Crippen molar-refractivity contribution in [3.63, 3.8) is 0 Å². The molecular weight excluding hydrogens is 188 g/mol. The molecule has 0 bridgehead atoms. The number of nitrogens with one attached hydrogen (secondary N) is 1. The molecule has 1 fully saturated rings. The molecule has 15 heavy (non-hydrogen) atoms. The molecule has 1 aromatic rings. The van der Waals surface area contributed by atoms with Crippen molar-refractivity contribution >= 4 is 0 Å². The van der Waals surface area contributed by atoms with Gasteiger partial charge in [0.2, 0.25) is 0 Å². The summed E-state index contributed by atoms with van der Waals surface area (Å²) in [4.78, 5) is 10.9. The lowest BCUT2D eigenvalue weighted by atomic mass is 10.2. The molecule has 1 atom stereocenters. The molecule has 1 unspecified atom stereocenters. The molecule has 1 aromatic heterocycles. The Morgan fingerprint density at radius 3 is 2.73 bits per heavy atom. The fourth-order valence-corrected chi connectivity index (χ4v) is 1.78. The van der Waals surface area contributed by atoms with Crippen LogP contribution in [0.25, 0.3) is 0 Å². The van der Waals surface area contributed by atoms with E-state index in [0.29, 0.717) is 6.04 Å². The number of hydrogen-bond donors (Lipinski definition) is 1. The fraction of sp³-hybridized carbons (Fsp3) is 0.583. The Hall–Kier alpha value is -1.09. The second-order valence-corrected chi connectivity index (χ2v) is 4.35. The predicted octanol–water partition coefficient (Wildman–Crippen LogP) is 1.24. The monoisotopic (exact) mass is 206 g/mol. The van der Waals surface area contributed by atoms with Gasteiger partial charge in [-0.15, -0.1) is 0 Å². The van der Waals surface area contributed by atoms with Gasteiger partial charge in [-0.1, -0.05) is 0 Å². The molecule has 82 valence electrons. The molecule has 1 aliphatic carbocycles. The van der Waals surface area contributed by atoms with E-state index in [0.717, 1.165) is 19.0 Å². The number of hydrogen-bond acceptors (Lipinski definition) is 2. The first-order valence-electron chi connectivity index (χ1n) is 5.65. The Balaban J connectivity index is 1.73. The Labute approximate surface area is 90.1 Å². The Morgan fingerprint density at radius 1 is 1.47 bits per heavy atom. The summed E-state index contributed by atoms with van der Waals surface area (Å²) >= 11 is 0. The maximum atomic E-state index is 10.9. The highest BCUT2D eigenvalue weighted by molar-refractivity contribution is 4.93. The molecule has 1 saturated carbocycles. The molecule has 1 aliphatic rings. The van der Waals surface area contributed by atoms with Crippen molar-refractivity contribution in [2.24, 2.45) is 5.92 Å². The third kappa shape index (κ3) is 3.20. The van der Waals surface area contributed by atoms with Crippen LogP contribution in [0, 0.1) is 5.92 Å². The Bertz CT molecular complexity index is 348. The van der Waals surface area contributed by atoms with Gasteiger partial charge in [-0.05, 0) is 25.7 Å². The van der Waals surface area contributed by atoms with Crippen molar-refractivity contribution in [3.05, 3.63) is 34.7 Å². The molecular formula is C12H18N2O. The minimum Gasteiger partial charge on any atom is -0.353 e. The first kappa shape index (κ1) is 10.4. The number of rotatable bonds is 5. The molecule has 0 spiro atoms. The second kappa shape index (κ2) is 4.62. The van der Waals surface area contributed by atoms with Gasteiger partial charge >= 0.3 is 0 Å². The lowest BCUT2D eigenvalue weighted by molar-refractivity contribution is 0.475. The van der Waals surface area contributed by atoms with Gasteiger partial charge in [0.1, 0.15) is 0 Å². The highest BCUT2D eigenvalue weighted by atomic mass is 16.1. The average molecular weight is 206 g/mol. The summed E-state index contributed by atoms with van der Waals surface area (Å²) in [6.45, 7) is 4.15. The molecule has 0 aromatic carbocycles. The predicted molar refractivity (Wildman–Crippen MR) is 60.9 cm³/mol. The van der Waals surface area contributed by atoms with Crippen molar-refractivity contribution in [1.29, 1.82) is 0 Å². The van der Waals surface area contributed by atoms with Crippen molar-refractivity contribution in [1.82, 2.24) is 9.88 Å². The van der Waals surface area contributed by atoms with Crippen LogP contribution in [0.1, 0.15) is 19.8 Å². The third-order valence-corrected chi connectivity index (χ3v) is 3.03. The molecule has 1 heterocycles. The van der Waals surface area contributed by atoms with Gasteiger partial charge in [-0.3, -0.25) is 4.79 Å². The smallest absolute Gasteiger partial charge is 0.181 e. The number of pyridine rings is 1.